The Morgan fingerprint density at radius 1 is 0.909 bits per heavy atom. The molecule has 0 heterocycles. The molecule has 250 valence electrons. The van der Waals surface area contributed by atoms with E-state index < -0.39 is 36.4 Å². The minimum atomic E-state index is -5.52. The van der Waals surface area contributed by atoms with Crippen LogP contribution in [-0.2, 0) is 17.2 Å². The maximum Gasteiger partial charge on any atom is 0.488 e. The van der Waals surface area contributed by atoms with Gasteiger partial charge in [0, 0.05) is 28.7 Å². The number of hydrogen-bond acceptors (Lipinski definition) is 4. The maximum atomic E-state index is 13.0. The molecule has 1 aromatic rings. The van der Waals surface area contributed by atoms with E-state index in [1.165, 1.54) is 11.1 Å². The van der Waals surface area contributed by atoms with Crippen LogP contribution in [0.15, 0.2) is 18.2 Å². The molecule has 1 aromatic carbocycles. The average Bonchev–Trinajstić information content (AvgIpc) is 3.27. The minimum Gasteiger partial charge on any atom is -0.423 e. The van der Waals surface area contributed by atoms with Gasteiger partial charge < -0.3 is 15.2 Å². The van der Waals surface area contributed by atoms with Gasteiger partial charge in [-0.2, -0.15) is 22.0 Å². The summed E-state index contributed by atoms with van der Waals surface area (Å²) in [6.07, 6.45) is 6.17. The Labute approximate surface area is 262 Å². The summed E-state index contributed by atoms with van der Waals surface area (Å²) >= 11 is 0. The van der Waals surface area contributed by atoms with E-state index in [0.717, 1.165) is 83.5 Å². The number of alkyl halides is 5. The fourth-order valence-electron chi connectivity index (χ4n) is 8.63. The van der Waals surface area contributed by atoms with Gasteiger partial charge in [-0.3, -0.25) is 4.21 Å². The van der Waals surface area contributed by atoms with Gasteiger partial charge in [-0.25, -0.2) is 0 Å². The Balaban J connectivity index is 1.16. The fraction of sp³-hybridized carbons (Fsp3) is 0.818. The molecule has 4 nitrogen and oxygen atoms in total. The van der Waals surface area contributed by atoms with Gasteiger partial charge in [0.05, 0.1) is 6.10 Å². The lowest BCUT2D eigenvalue weighted by molar-refractivity contribution is -0.284. The van der Waals surface area contributed by atoms with Crippen molar-refractivity contribution in [1.29, 1.82) is 0 Å². The largest absolute Gasteiger partial charge is 0.488 e. The first-order valence-corrected chi connectivity index (χ1v) is 18.2. The molecule has 2 fully saturated rings. The molecule has 0 spiro atoms. The topological polar surface area (TPSA) is 77.8 Å². The van der Waals surface area contributed by atoms with E-state index in [2.05, 4.69) is 13.0 Å². The van der Waals surface area contributed by atoms with Crippen LogP contribution in [0.25, 0.3) is 0 Å². The van der Waals surface area contributed by atoms with Gasteiger partial charge in [0.2, 0.25) is 0 Å². The summed E-state index contributed by atoms with van der Waals surface area (Å²) in [5, 5.41) is 30.4. The summed E-state index contributed by atoms with van der Waals surface area (Å²) in [5.74, 6) is -2.00. The highest BCUT2D eigenvalue weighted by atomic mass is 32.2. The second-order valence-corrected chi connectivity index (χ2v) is 15.7. The van der Waals surface area contributed by atoms with Crippen LogP contribution in [0.4, 0.5) is 22.0 Å². The molecule has 3 aliphatic carbocycles. The predicted octanol–water partition coefficient (Wildman–Crippen LogP) is 7.05. The molecular weight excluding hydrogens is 598 g/mol. The quantitative estimate of drug-likeness (QED) is 0.102. The van der Waals surface area contributed by atoms with E-state index in [0.29, 0.717) is 34.9 Å². The molecule has 0 amide bonds. The first-order valence-electron chi connectivity index (χ1n) is 16.7. The summed E-state index contributed by atoms with van der Waals surface area (Å²) in [6, 6.07) is 5.95. The number of rotatable bonds is 16. The van der Waals surface area contributed by atoms with E-state index in [-0.39, 0.29) is 30.1 Å². The summed E-state index contributed by atoms with van der Waals surface area (Å²) in [7, 11) is -2.65. The van der Waals surface area contributed by atoms with Gasteiger partial charge in [-0.1, -0.05) is 63.6 Å². The zero-order valence-electron chi connectivity index (χ0n) is 26.0. The van der Waals surface area contributed by atoms with Crippen LogP contribution in [0.3, 0.4) is 0 Å². The standard InChI is InChI=1S/C33H50BF5O4S/c1-31-18-16-27-26-13-12-25(34(41)42)22-24(26)21-23(30(27)28(31)14-15-29(31)40)11-7-5-3-2-4-6-9-19-44(43)20-10-8-17-32(35,36)33(37,38)39/h12-13,22-23,27-30,40-42H,2-11,14-21H2,1H3/t23-,27-,28+,29+,30-,31+,44?/m1/s1. The SMILES string of the molecule is C[C@]12CC[C@@H]3c4ccc(B(O)O)cc4C[C@@H](CCCCCCCCCS(=O)CCCCC(F)(F)C(F)(F)F)[C@H]3[C@@H]1CC[C@@H]2O. The number of aliphatic hydroxyl groups excluding tert-OH is 1. The van der Waals surface area contributed by atoms with Crippen molar-refractivity contribution in [1.82, 2.24) is 0 Å². The third kappa shape index (κ3) is 8.46. The molecular formula is C33H50BF5O4S. The van der Waals surface area contributed by atoms with Crippen LogP contribution in [0.1, 0.15) is 120 Å². The summed E-state index contributed by atoms with van der Waals surface area (Å²) in [4.78, 5) is 0. The van der Waals surface area contributed by atoms with Crippen LogP contribution < -0.4 is 5.46 Å². The molecule has 2 saturated carbocycles. The van der Waals surface area contributed by atoms with Crippen LogP contribution in [0, 0.1) is 23.2 Å². The molecule has 3 N–H and O–H groups in total. The number of hydrogen-bond donors (Lipinski definition) is 3. The number of fused-ring (bicyclic) bond motifs is 5. The maximum absolute atomic E-state index is 13.0. The van der Waals surface area contributed by atoms with Crippen molar-refractivity contribution in [2.24, 2.45) is 23.2 Å². The van der Waals surface area contributed by atoms with Crippen LogP contribution >= 0.6 is 0 Å². The second-order valence-electron chi connectivity index (χ2n) is 14.0. The van der Waals surface area contributed by atoms with E-state index in [1.54, 1.807) is 0 Å². The van der Waals surface area contributed by atoms with E-state index in [1.807, 2.05) is 12.1 Å². The number of benzene rings is 1. The molecule has 7 atom stereocenters. The first kappa shape index (κ1) is 35.8. The zero-order chi connectivity index (χ0) is 32.1. The average molecular weight is 649 g/mol. The highest BCUT2D eigenvalue weighted by molar-refractivity contribution is 7.84. The highest BCUT2D eigenvalue weighted by Crippen LogP contribution is 2.62. The number of halogens is 5. The van der Waals surface area contributed by atoms with E-state index in [9.17, 15) is 41.3 Å². The summed E-state index contributed by atoms with van der Waals surface area (Å²) in [5.41, 5.74) is 3.15. The Morgan fingerprint density at radius 2 is 1.55 bits per heavy atom. The van der Waals surface area contributed by atoms with Gasteiger partial charge in [-0.05, 0) is 103 Å². The number of aliphatic hydroxyl groups is 1. The van der Waals surface area contributed by atoms with Crippen molar-refractivity contribution in [3.63, 3.8) is 0 Å². The van der Waals surface area contributed by atoms with Crippen LogP contribution in [0.5, 0.6) is 0 Å². The highest BCUT2D eigenvalue weighted by Gasteiger charge is 2.57. The monoisotopic (exact) mass is 648 g/mol. The normalized spacial score (nSPS) is 29.2. The van der Waals surface area contributed by atoms with Gasteiger partial charge in [0.15, 0.2) is 0 Å². The predicted molar refractivity (Wildman–Crippen MR) is 165 cm³/mol. The molecule has 4 rings (SSSR count). The third-order valence-electron chi connectivity index (χ3n) is 11.1. The van der Waals surface area contributed by atoms with E-state index >= 15 is 0 Å². The molecule has 1 unspecified atom stereocenters. The lowest BCUT2D eigenvalue weighted by Crippen LogP contribution is -2.47. The molecule has 0 aromatic heterocycles. The van der Waals surface area contributed by atoms with Crippen molar-refractivity contribution < 1.29 is 41.3 Å². The van der Waals surface area contributed by atoms with E-state index in [4.69, 9.17) is 0 Å². The molecule has 0 saturated heterocycles. The number of unbranched alkanes of at least 4 members (excludes halogenated alkanes) is 7. The Kier molecular flexibility index (Phi) is 12.4. The Bertz CT molecular complexity index is 1100. The van der Waals surface area contributed by atoms with Crippen molar-refractivity contribution in [2.45, 2.75) is 134 Å². The lowest BCUT2D eigenvalue weighted by Gasteiger charge is -2.53. The molecule has 0 bridgehead atoms. The summed E-state index contributed by atoms with van der Waals surface area (Å²) < 4.78 is 74.7. The Hall–Kier alpha value is -1.04. The second kappa shape index (κ2) is 15.2. The minimum absolute atomic E-state index is 0.0103. The van der Waals surface area contributed by atoms with Gasteiger partial charge >= 0.3 is 19.2 Å². The lowest BCUT2D eigenvalue weighted by atomic mass is 9.52. The van der Waals surface area contributed by atoms with Crippen LogP contribution in [0.2, 0.25) is 0 Å². The van der Waals surface area contributed by atoms with Crippen molar-refractivity contribution in [3.8, 4) is 0 Å². The first-order chi connectivity index (χ1) is 20.7. The molecule has 0 radical (unpaired) electrons. The van der Waals surface area contributed by atoms with Gasteiger partial charge in [0.1, 0.15) is 0 Å². The molecule has 11 heteroatoms. The van der Waals surface area contributed by atoms with Gasteiger partial charge in [0.25, 0.3) is 0 Å². The van der Waals surface area contributed by atoms with Crippen molar-refractivity contribution >= 4 is 23.4 Å². The smallest absolute Gasteiger partial charge is 0.423 e. The Morgan fingerprint density at radius 3 is 2.20 bits per heavy atom. The molecule has 0 aliphatic heterocycles. The molecule has 44 heavy (non-hydrogen) atoms. The fourth-order valence-corrected chi connectivity index (χ4v) is 9.89. The van der Waals surface area contributed by atoms with Gasteiger partial charge in [-0.15, -0.1) is 0 Å². The van der Waals surface area contributed by atoms with Crippen molar-refractivity contribution in [3.05, 3.63) is 29.3 Å². The molecule has 3 aliphatic rings. The van der Waals surface area contributed by atoms with Crippen LogP contribution in [-0.4, -0.2) is 56.2 Å². The van der Waals surface area contributed by atoms with Crippen molar-refractivity contribution in [2.75, 3.05) is 11.5 Å². The summed E-state index contributed by atoms with van der Waals surface area (Å²) in [6.45, 7) is 2.29. The zero-order valence-corrected chi connectivity index (χ0v) is 26.8. The third-order valence-corrected chi connectivity index (χ3v) is 12.6.